The molecule has 0 aliphatic rings. The van der Waals surface area contributed by atoms with E-state index in [0.717, 1.165) is 31.4 Å². The van der Waals surface area contributed by atoms with Gasteiger partial charge in [-0.3, -0.25) is 0 Å². The number of halogens is 1. The molecule has 1 nitrogen and oxygen atoms in total. The van der Waals surface area contributed by atoms with E-state index in [1.54, 1.807) is 13.0 Å². The zero-order valence-corrected chi connectivity index (χ0v) is 10.5. The number of anilines is 1. The smallest absolute Gasteiger partial charge is 0.128 e. The van der Waals surface area contributed by atoms with Crippen LogP contribution in [0.5, 0.6) is 0 Å². The van der Waals surface area contributed by atoms with Crippen LogP contribution in [0.4, 0.5) is 10.1 Å². The summed E-state index contributed by atoms with van der Waals surface area (Å²) in [5.41, 5.74) is 1.60. The van der Waals surface area contributed by atoms with Gasteiger partial charge >= 0.3 is 0 Å². The number of benzene rings is 1. The standard InChI is InChI=1S/C14H22FN/c1-4-6-12(7-5-2)16-13-9-8-11(3)14(15)10-13/h8-10,12,16H,4-7H2,1-3H3. The van der Waals surface area contributed by atoms with Gasteiger partial charge in [-0.25, -0.2) is 4.39 Å². The predicted molar refractivity (Wildman–Crippen MR) is 68.4 cm³/mol. The molecule has 0 saturated carbocycles. The fraction of sp³-hybridized carbons (Fsp3) is 0.571. The summed E-state index contributed by atoms with van der Waals surface area (Å²) in [5.74, 6) is -0.128. The van der Waals surface area contributed by atoms with E-state index in [1.807, 2.05) is 12.1 Å². The van der Waals surface area contributed by atoms with Crippen LogP contribution in [0.25, 0.3) is 0 Å². The second-order valence-corrected chi connectivity index (χ2v) is 4.38. The van der Waals surface area contributed by atoms with E-state index in [-0.39, 0.29) is 5.82 Å². The molecule has 0 amide bonds. The molecule has 0 fully saturated rings. The molecule has 0 aromatic heterocycles. The zero-order valence-electron chi connectivity index (χ0n) is 10.5. The van der Waals surface area contributed by atoms with E-state index in [2.05, 4.69) is 19.2 Å². The maximum atomic E-state index is 13.4. The van der Waals surface area contributed by atoms with Gasteiger partial charge in [-0.2, -0.15) is 0 Å². The quantitative estimate of drug-likeness (QED) is 0.748. The van der Waals surface area contributed by atoms with E-state index in [4.69, 9.17) is 0 Å². The number of aryl methyl sites for hydroxylation is 1. The lowest BCUT2D eigenvalue weighted by Crippen LogP contribution is -2.18. The third-order valence-corrected chi connectivity index (χ3v) is 2.82. The largest absolute Gasteiger partial charge is 0.382 e. The van der Waals surface area contributed by atoms with Gasteiger partial charge < -0.3 is 5.32 Å². The van der Waals surface area contributed by atoms with Crippen LogP contribution in [0, 0.1) is 12.7 Å². The fourth-order valence-electron chi connectivity index (χ4n) is 1.90. The Balaban J connectivity index is 2.65. The first-order valence-corrected chi connectivity index (χ1v) is 6.20. The second kappa shape index (κ2) is 6.51. The third kappa shape index (κ3) is 3.84. The molecule has 16 heavy (non-hydrogen) atoms. The molecule has 0 aliphatic carbocycles. The van der Waals surface area contributed by atoms with Crippen LogP contribution in [-0.2, 0) is 0 Å². The van der Waals surface area contributed by atoms with Gasteiger partial charge in [0.1, 0.15) is 5.82 Å². The van der Waals surface area contributed by atoms with Gasteiger partial charge in [0.05, 0.1) is 0 Å². The minimum absolute atomic E-state index is 0.128. The minimum atomic E-state index is -0.128. The van der Waals surface area contributed by atoms with Gasteiger partial charge in [-0.1, -0.05) is 32.8 Å². The molecule has 0 aliphatic heterocycles. The summed E-state index contributed by atoms with van der Waals surface area (Å²) >= 11 is 0. The van der Waals surface area contributed by atoms with Gasteiger partial charge in [-0.15, -0.1) is 0 Å². The van der Waals surface area contributed by atoms with Crippen molar-refractivity contribution in [2.24, 2.45) is 0 Å². The molecular weight excluding hydrogens is 201 g/mol. The van der Waals surface area contributed by atoms with Gasteiger partial charge in [0, 0.05) is 11.7 Å². The molecule has 0 radical (unpaired) electrons. The SMILES string of the molecule is CCCC(CCC)Nc1ccc(C)c(F)c1. The average molecular weight is 223 g/mol. The van der Waals surface area contributed by atoms with Crippen LogP contribution >= 0.6 is 0 Å². The van der Waals surface area contributed by atoms with Crippen molar-refractivity contribution in [1.82, 2.24) is 0 Å². The van der Waals surface area contributed by atoms with Crippen molar-refractivity contribution in [1.29, 1.82) is 0 Å². The van der Waals surface area contributed by atoms with Gasteiger partial charge in [0.25, 0.3) is 0 Å². The average Bonchev–Trinajstić information content (AvgIpc) is 2.24. The Morgan fingerprint density at radius 1 is 1.19 bits per heavy atom. The van der Waals surface area contributed by atoms with Crippen molar-refractivity contribution >= 4 is 5.69 Å². The first-order valence-electron chi connectivity index (χ1n) is 6.20. The topological polar surface area (TPSA) is 12.0 Å². The third-order valence-electron chi connectivity index (χ3n) is 2.82. The Kier molecular flexibility index (Phi) is 5.30. The first-order chi connectivity index (χ1) is 7.67. The summed E-state index contributed by atoms with van der Waals surface area (Å²) in [6.07, 6.45) is 4.60. The zero-order chi connectivity index (χ0) is 12.0. The van der Waals surface area contributed by atoms with Crippen molar-refractivity contribution < 1.29 is 4.39 Å². The molecule has 90 valence electrons. The molecule has 1 aromatic carbocycles. The van der Waals surface area contributed by atoms with Crippen LogP contribution in [0.1, 0.15) is 45.1 Å². The lowest BCUT2D eigenvalue weighted by Gasteiger charge is -2.18. The molecule has 0 bridgehead atoms. The van der Waals surface area contributed by atoms with E-state index in [9.17, 15) is 4.39 Å². The van der Waals surface area contributed by atoms with Crippen LogP contribution in [0.15, 0.2) is 18.2 Å². The molecule has 0 spiro atoms. The second-order valence-electron chi connectivity index (χ2n) is 4.38. The summed E-state index contributed by atoms with van der Waals surface area (Å²) in [4.78, 5) is 0. The highest BCUT2D eigenvalue weighted by Gasteiger charge is 2.07. The van der Waals surface area contributed by atoms with E-state index < -0.39 is 0 Å². The molecule has 0 unspecified atom stereocenters. The highest BCUT2D eigenvalue weighted by atomic mass is 19.1. The maximum Gasteiger partial charge on any atom is 0.128 e. The van der Waals surface area contributed by atoms with Crippen molar-refractivity contribution in [3.8, 4) is 0 Å². The van der Waals surface area contributed by atoms with Gasteiger partial charge in [0.15, 0.2) is 0 Å². The lowest BCUT2D eigenvalue weighted by atomic mass is 10.1. The summed E-state index contributed by atoms with van der Waals surface area (Å²) in [6.45, 7) is 6.15. The Morgan fingerprint density at radius 3 is 2.31 bits per heavy atom. The first kappa shape index (κ1) is 13.0. The number of hydrogen-bond acceptors (Lipinski definition) is 1. The van der Waals surface area contributed by atoms with E-state index >= 15 is 0 Å². The minimum Gasteiger partial charge on any atom is -0.382 e. The van der Waals surface area contributed by atoms with Crippen molar-refractivity contribution in [3.05, 3.63) is 29.6 Å². The van der Waals surface area contributed by atoms with Gasteiger partial charge in [0.2, 0.25) is 0 Å². The van der Waals surface area contributed by atoms with E-state index in [1.165, 1.54) is 0 Å². The van der Waals surface area contributed by atoms with Crippen molar-refractivity contribution in [3.63, 3.8) is 0 Å². The molecule has 0 heterocycles. The number of rotatable bonds is 6. The molecule has 1 aromatic rings. The molecule has 0 atom stereocenters. The van der Waals surface area contributed by atoms with Crippen LogP contribution < -0.4 is 5.32 Å². The Hall–Kier alpha value is -1.05. The summed E-state index contributed by atoms with van der Waals surface area (Å²) in [6, 6.07) is 5.84. The molecule has 1 N–H and O–H groups in total. The van der Waals surface area contributed by atoms with Crippen LogP contribution in [-0.4, -0.2) is 6.04 Å². The monoisotopic (exact) mass is 223 g/mol. The summed E-state index contributed by atoms with van der Waals surface area (Å²) < 4.78 is 13.4. The number of hydrogen-bond donors (Lipinski definition) is 1. The normalized spacial score (nSPS) is 10.8. The van der Waals surface area contributed by atoms with Crippen molar-refractivity contribution in [2.45, 2.75) is 52.5 Å². The maximum absolute atomic E-state index is 13.4. The highest BCUT2D eigenvalue weighted by Crippen LogP contribution is 2.17. The van der Waals surface area contributed by atoms with Crippen molar-refractivity contribution in [2.75, 3.05) is 5.32 Å². The molecular formula is C14H22FN. The summed E-state index contributed by atoms with van der Waals surface area (Å²) in [7, 11) is 0. The molecule has 2 heteroatoms. The van der Waals surface area contributed by atoms with Crippen LogP contribution in [0.2, 0.25) is 0 Å². The van der Waals surface area contributed by atoms with E-state index in [0.29, 0.717) is 11.6 Å². The lowest BCUT2D eigenvalue weighted by molar-refractivity contribution is 0.584. The van der Waals surface area contributed by atoms with Gasteiger partial charge in [-0.05, 0) is 37.5 Å². The van der Waals surface area contributed by atoms with Crippen LogP contribution in [0.3, 0.4) is 0 Å². The Labute approximate surface area is 98.1 Å². The summed E-state index contributed by atoms with van der Waals surface area (Å²) in [5, 5.41) is 3.41. The number of nitrogens with one attached hydrogen (secondary N) is 1. The fourth-order valence-corrected chi connectivity index (χ4v) is 1.90. The Bertz CT molecular complexity index is 317. The molecule has 1 rings (SSSR count). The predicted octanol–water partition coefficient (Wildman–Crippen LogP) is 4.51. The molecule has 0 saturated heterocycles. The Morgan fingerprint density at radius 2 is 1.81 bits per heavy atom. The highest BCUT2D eigenvalue weighted by molar-refractivity contribution is 5.45.